The van der Waals surface area contributed by atoms with E-state index in [1.54, 1.807) is 29.7 Å². The number of piperazine rings is 1. The fraction of sp³-hybridized carbons (Fsp3) is 0.450. The monoisotopic (exact) mass is 387 g/mol. The normalized spacial score (nSPS) is 23.0. The molecule has 6 nitrogen and oxygen atoms in total. The predicted molar refractivity (Wildman–Crippen MR) is 103 cm³/mol. The zero-order valence-electron chi connectivity index (χ0n) is 15.7. The van der Waals surface area contributed by atoms with Gasteiger partial charge in [-0.25, -0.2) is 8.42 Å². The number of pyridine rings is 1. The molecule has 3 aliphatic heterocycles. The molecule has 0 aliphatic carbocycles. The van der Waals surface area contributed by atoms with Crippen LogP contribution in [-0.2, 0) is 23.0 Å². The molecule has 5 rings (SSSR count). The van der Waals surface area contributed by atoms with E-state index in [4.69, 9.17) is 4.74 Å². The summed E-state index contributed by atoms with van der Waals surface area (Å²) in [5.41, 5.74) is 2.18. The number of piperidine rings is 1. The smallest absolute Gasteiger partial charge is 0.243 e. The van der Waals surface area contributed by atoms with Crippen LogP contribution in [0, 0.1) is 0 Å². The molecule has 27 heavy (non-hydrogen) atoms. The largest absolute Gasteiger partial charge is 0.496 e. The third-order valence-corrected chi connectivity index (χ3v) is 7.60. The molecule has 144 valence electrons. The lowest BCUT2D eigenvalue weighted by Crippen LogP contribution is -2.69. The zero-order valence-corrected chi connectivity index (χ0v) is 16.5. The number of rotatable bonds is 6. The summed E-state index contributed by atoms with van der Waals surface area (Å²) in [4.78, 5) is 6.88. The van der Waals surface area contributed by atoms with Gasteiger partial charge in [-0.1, -0.05) is 19.1 Å². The maximum Gasteiger partial charge on any atom is 0.243 e. The van der Waals surface area contributed by atoms with Gasteiger partial charge in [0.25, 0.3) is 0 Å². The van der Waals surface area contributed by atoms with Crippen molar-refractivity contribution in [2.24, 2.45) is 0 Å². The Hall–Kier alpha value is -1.96. The molecule has 3 fully saturated rings. The second-order valence-corrected chi connectivity index (χ2v) is 9.10. The quantitative estimate of drug-likeness (QED) is 0.761. The number of aryl methyl sites for hydroxylation is 1. The van der Waals surface area contributed by atoms with Crippen LogP contribution >= 0.6 is 0 Å². The van der Waals surface area contributed by atoms with E-state index in [-0.39, 0.29) is 12.1 Å². The van der Waals surface area contributed by atoms with Crippen molar-refractivity contribution >= 4 is 10.0 Å². The minimum Gasteiger partial charge on any atom is -0.496 e. The first-order valence-corrected chi connectivity index (χ1v) is 10.8. The predicted octanol–water partition coefficient (Wildman–Crippen LogP) is 2.30. The van der Waals surface area contributed by atoms with Gasteiger partial charge in [-0.2, -0.15) is 4.31 Å². The molecule has 0 radical (unpaired) electrons. The molecule has 0 saturated carbocycles. The Morgan fingerprint density at radius 1 is 1.15 bits per heavy atom. The number of hydrogen-bond acceptors (Lipinski definition) is 5. The van der Waals surface area contributed by atoms with Crippen molar-refractivity contribution in [3.63, 3.8) is 0 Å². The average Bonchev–Trinajstić information content (AvgIpc) is 2.68. The number of fused-ring (bicyclic) bond motifs is 2. The summed E-state index contributed by atoms with van der Waals surface area (Å²) >= 11 is 0. The number of aromatic nitrogens is 1. The van der Waals surface area contributed by atoms with E-state index in [0.29, 0.717) is 4.90 Å². The van der Waals surface area contributed by atoms with E-state index in [0.717, 1.165) is 49.4 Å². The summed E-state index contributed by atoms with van der Waals surface area (Å²) in [7, 11) is -1.77. The van der Waals surface area contributed by atoms with Crippen molar-refractivity contribution < 1.29 is 13.2 Å². The zero-order chi connectivity index (χ0) is 19.0. The second-order valence-electron chi connectivity index (χ2n) is 7.26. The number of hydrogen-bond donors (Lipinski definition) is 0. The minimum absolute atomic E-state index is 0.0438. The van der Waals surface area contributed by atoms with E-state index >= 15 is 0 Å². The van der Waals surface area contributed by atoms with E-state index in [1.807, 2.05) is 24.4 Å². The Labute approximate surface area is 160 Å². The third kappa shape index (κ3) is 3.35. The Bertz CT molecular complexity index is 902. The first-order chi connectivity index (χ1) is 13.0. The van der Waals surface area contributed by atoms with Crippen LogP contribution in [0.1, 0.15) is 24.5 Å². The highest BCUT2D eigenvalue weighted by Gasteiger charge is 2.51. The van der Waals surface area contributed by atoms with Gasteiger partial charge in [0.2, 0.25) is 10.0 Å². The van der Waals surface area contributed by atoms with Crippen LogP contribution in [0.25, 0.3) is 0 Å². The second kappa shape index (κ2) is 7.22. The standard InChI is InChI=1S/C20H25N3O3S/c1-3-15-4-6-19(7-5-15)27(24,25)23-17-10-18(23)14-22(13-17)12-16-11-21-9-8-20(16)26-2/h4-9,11,17-18H,3,10,12-14H2,1-2H3. The van der Waals surface area contributed by atoms with Gasteiger partial charge in [0.05, 0.1) is 12.0 Å². The fourth-order valence-corrected chi connectivity index (χ4v) is 5.99. The minimum atomic E-state index is -3.43. The molecule has 2 atom stereocenters. The summed E-state index contributed by atoms with van der Waals surface area (Å²) in [6, 6.07) is 9.23. The number of benzene rings is 1. The van der Waals surface area contributed by atoms with Crippen LogP contribution in [0.3, 0.4) is 0 Å². The molecule has 1 aromatic carbocycles. The summed E-state index contributed by atoms with van der Waals surface area (Å²) in [6.45, 7) is 4.26. The van der Waals surface area contributed by atoms with Crippen molar-refractivity contribution in [3.05, 3.63) is 53.9 Å². The molecule has 1 aromatic heterocycles. The third-order valence-electron chi connectivity index (χ3n) is 5.58. The summed E-state index contributed by atoms with van der Waals surface area (Å²) in [6.07, 6.45) is 5.38. The van der Waals surface area contributed by atoms with Crippen LogP contribution in [0.4, 0.5) is 0 Å². The highest BCUT2D eigenvalue weighted by Crippen LogP contribution is 2.38. The van der Waals surface area contributed by atoms with Gasteiger partial charge in [0.15, 0.2) is 0 Å². The molecule has 2 aromatic rings. The molecule has 2 bridgehead atoms. The van der Waals surface area contributed by atoms with E-state index in [9.17, 15) is 8.42 Å². The lowest BCUT2D eigenvalue weighted by Gasteiger charge is -2.55. The Balaban J connectivity index is 1.47. The molecule has 7 heteroatoms. The van der Waals surface area contributed by atoms with E-state index in [2.05, 4.69) is 16.8 Å². The average molecular weight is 388 g/mol. The molecule has 2 unspecified atom stereocenters. The van der Waals surface area contributed by atoms with Crippen molar-refractivity contribution in [2.45, 2.75) is 43.3 Å². The van der Waals surface area contributed by atoms with Gasteiger partial charge < -0.3 is 4.74 Å². The summed E-state index contributed by atoms with van der Waals surface area (Å²) in [5, 5.41) is 0. The molecule has 0 amide bonds. The maximum absolute atomic E-state index is 13.1. The van der Waals surface area contributed by atoms with Gasteiger partial charge in [-0.15, -0.1) is 0 Å². The van der Waals surface area contributed by atoms with Crippen molar-refractivity contribution in [1.82, 2.24) is 14.2 Å². The van der Waals surface area contributed by atoms with Crippen LogP contribution in [-0.4, -0.2) is 54.9 Å². The number of sulfonamides is 1. The Kier molecular flexibility index (Phi) is 4.92. The summed E-state index contributed by atoms with van der Waals surface area (Å²) in [5.74, 6) is 0.824. The van der Waals surface area contributed by atoms with Gasteiger partial charge in [0, 0.05) is 49.7 Å². The Morgan fingerprint density at radius 3 is 2.48 bits per heavy atom. The highest BCUT2D eigenvalue weighted by atomic mass is 32.2. The lowest BCUT2D eigenvalue weighted by atomic mass is 9.91. The SMILES string of the molecule is CCc1ccc(S(=O)(=O)N2C3CC2CN(Cc2cnccc2OC)C3)cc1. The maximum atomic E-state index is 13.1. The van der Waals surface area contributed by atoms with Gasteiger partial charge in [-0.05, 0) is 36.6 Å². The lowest BCUT2D eigenvalue weighted by molar-refractivity contribution is -0.0106. The highest BCUT2D eigenvalue weighted by molar-refractivity contribution is 7.89. The number of methoxy groups -OCH3 is 1. The van der Waals surface area contributed by atoms with Crippen molar-refractivity contribution in [3.8, 4) is 5.75 Å². The molecular weight excluding hydrogens is 362 g/mol. The molecule has 0 N–H and O–H groups in total. The van der Waals surface area contributed by atoms with Gasteiger partial charge in [-0.3, -0.25) is 9.88 Å². The molecule has 3 aliphatic rings. The van der Waals surface area contributed by atoms with Crippen molar-refractivity contribution in [1.29, 1.82) is 0 Å². The summed E-state index contributed by atoms with van der Waals surface area (Å²) < 4.78 is 33.3. The van der Waals surface area contributed by atoms with Crippen LogP contribution in [0.5, 0.6) is 5.75 Å². The molecule has 3 saturated heterocycles. The Morgan fingerprint density at radius 2 is 1.85 bits per heavy atom. The first-order valence-electron chi connectivity index (χ1n) is 9.34. The fourth-order valence-electron chi connectivity index (χ4n) is 4.18. The van der Waals surface area contributed by atoms with Crippen LogP contribution in [0.2, 0.25) is 0 Å². The van der Waals surface area contributed by atoms with Gasteiger partial charge in [0.1, 0.15) is 5.75 Å². The molecular formula is C20H25N3O3S. The van der Waals surface area contributed by atoms with Crippen molar-refractivity contribution in [2.75, 3.05) is 20.2 Å². The van der Waals surface area contributed by atoms with Gasteiger partial charge >= 0.3 is 0 Å². The van der Waals surface area contributed by atoms with E-state index < -0.39 is 10.0 Å². The molecule has 0 spiro atoms. The first kappa shape index (κ1) is 18.4. The number of ether oxygens (including phenoxy) is 1. The van der Waals surface area contributed by atoms with Crippen LogP contribution < -0.4 is 4.74 Å². The number of nitrogens with zero attached hydrogens (tertiary/aromatic N) is 3. The molecule has 4 heterocycles. The van der Waals surface area contributed by atoms with E-state index in [1.165, 1.54) is 0 Å². The topological polar surface area (TPSA) is 62.7 Å². The van der Waals surface area contributed by atoms with Crippen LogP contribution in [0.15, 0.2) is 47.6 Å².